The van der Waals surface area contributed by atoms with Crippen molar-refractivity contribution in [3.8, 4) is 0 Å². The van der Waals surface area contributed by atoms with Gasteiger partial charge in [0.15, 0.2) is 6.10 Å². The van der Waals surface area contributed by atoms with Gasteiger partial charge >= 0.3 is 0 Å². The van der Waals surface area contributed by atoms with Crippen LogP contribution in [0.15, 0.2) is 48.5 Å². The molecule has 1 heterocycles. The summed E-state index contributed by atoms with van der Waals surface area (Å²) in [5, 5.41) is 10.6. The maximum atomic E-state index is 12.1. The molecule has 1 unspecified atom stereocenters. The number of nitrogens with zero attached hydrogens (tertiary/aromatic N) is 1. The fourth-order valence-electron chi connectivity index (χ4n) is 2.30. The van der Waals surface area contributed by atoms with Gasteiger partial charge in [0.05, 0.1) is 12.2 Å². The highest BCUT2D eigenvalue weighted by molar-refractivity contribution is 6.30. The second kappa shape index (κ2) is 4.68. The summed E-state index contributed by atoms with van der Waals surface area (Å²) in [7, 11) is 0. The van der Waals surface area contributed by atoms with Gasteiger partial charge in [0.25, 0.3) is 5.91 Å². The van der Waals surface area contributed by atoms with Gasteiger partial charge in [-0.2, -0.15) is 0 Å². The van der Waals surface area contributed by atoms with Crippen LogP contribution in [0.25, 0.3) is 0 Å². The quantitative estimate of drug-likeness (QED) is 0.914. The average Bonchev–Trinajstić information content (AvgIpc) is 2.67. The number of aliphatic hydroxyl groups is 1. The Bertz CT molecular complexity index is 624. The summed E-state index contributed by atoms with van der Waals surface area (Å²) < 4.78 is 0. The van der Waals surface area contributed by atoms with Crippen LogP contribution in [0, 0.1) is 0 Å². The first-order valence-corrected chi connectivity index (χ1v) is 6.37. The minimum absolute atomic E-state index is 0.281. The zero-order chi connectivity index (χ0) is 13.4. The van der Waals surface area contributed by atoms with Crippen molar-refractivity contribution in [1.29, 1.82) is 0 Å². The predicted molar refractivity (Wildman–Crippen MR) is 74.0 cm³/mol. The summed E-state index contributed by atoms with van der Waals surface area (Å²) in [6.45, 7) is 0.435. The van der Waals surface area contributed by atoms with Crippen LogP contribution in [-0.2, 0) is 11.3 Å². The molecule has 4 heteroatoms. The minimum Gasteiger partial charge on any atom is -0.378 e. The van der Waals surface area contributed by atoms with Crippen LogP contribution in [0.4, 0.5) is 5.69 Å². The maximum absolute atomic E-state index is 12.1. The number of anilines is 1. The second-order valence-electron chi connectivity index (χ2n) is 4.51. The third-order valence-corrected chi connectivity index (χ3v) is 3.53. The van der Waals surface area contributed by atoms with Gasteiger partial charge in [-0.3, -0.25) is 4.79 Å². The molecule has 1 atom stereocenters. The van der Waals surface area contributed by atoms with Gasteiger partial charge in [-0.15, -0.1) is 0 Å². The molecule has 0 aromatic heterocycles. The highest BCUT2D eigenvalue weighted by atomic mass is 35.5. The standard InChI is InChI=1S/C15H12ClNO2/c16-11-7-5-10(6-8-11)9-17-13-4-2-1-3-12(13)14(18)15(17)19/h1-8,14,18H,9H2. The monoisotopic (exact) mass is 273 g/mol. The number of amides is 1. The lowest BCUT2D eigenvalue weighted by Gasteiger charge is -2.17. The van der Waals surface area contributed by atoms with Crippen LogP contribution in [0.5, 0.6) is 0 Å². The van der Waals surface area contributed by atoms with Crippen molar-refractivity contribution in [2.45, 2.75) is 12.6 Å². The molecular formula is C15H12ClNO2. The third-order valence-electron chi connectivity index (χ3n) is 3.28. The minimum atomic E-state index is -1.05. The van der Waals surface area contributed by atoms with Crippen molar-refractivity contribution in [2.24, 2.45) is 0 Å². The Labute approximate surface area is 116 Å². The molecule has 0 aliphatic carbocycles. The molecule has 0 fully saturated rings. The van der Waals surface area contributed by atoms with E-state index in [1.54, 1.807) is 23.1 Å². The van der Waals surface area contributed by atoms with Gasteiger partial charge in [0.1, 0.15) is 0 Å². The molecule has 96 valence electrons. The molecule has 0 saturated heterocycles. The van der Waals surface area contributed by atoms with E-state index in [1.165, 1.54) is 0 Å². The lowest BCUT2D eigenvalue weighted by Crippen LogP contribution is -2.28. The van der Waals surface area contributed by atoms with Crippen molar-refractivity contribution in [2.75, 3.05) is 4.90 Å². The molecule has 2 aromatic rings. The molecule has 2 aromatic carbocycles. The summed E-state index contributed by atoms with van der Waals surface area (Å²) in [6.07, 6.45) is -1.05. The van der Waals surface area contributed by atoms with Gasteiger partial charge in [0.2, 0.25) is 0 Å². The summed E-state index contributed by atoms with van der Waals surface area (Å²) in [5.41, 5.74) is 2.41. The molecule has 1 aliphatic heterocycles. The first kappa shape index (κ1) is 12.2. The number of carbonyl (C=O) groups excluding carboxylic acids is 1. The van der Waals surface area contributed by atoms with Crippen molar-refractivity contribution in [1.82, 2.24) is 0 Å². The van der Waals surface area contributed by atoms with E-state index in [-0.39, 0.29) is 5.91 Å². The Morgan fingerprint density at radius 2 is 1.79 bits per heavy atom. The van der Waals surface area contributed by atoms with Crippen LogP contribution in [-0.4, -0.2) is 11.0 Å². The summed E-state index contributed by atoms with van der Waals surface area (Å²) in [6, 6.07) is 14.6. The molecule has 1 aliphatic rings. The molecular weight excluding hydrogens is 262 g/mol. The van der Waals surface area contributed by atoms with E-state index in [1.807, 2.05) is 30.3 Å². The molecule has 3 rings (SSSR count). The highest BCUT2D eigenvalue weighted by Crippen LogP contribution is 2.36. The van der Waals surface area contributed by atoms with Gasteiger partial charge in [-0.05, 0) is 23.8 Å². The van der Waals surface area contributed by atoms with Gasteiger partial charge in [0, 0.05) is 10.6 Å². The van der Waals surface area contributed by atoms with E-state index < -0.39 is 6.10 Å². The number of fused-ring (bicyclic) bond motifs is 1. The van der Waals surface area contributed by atoms with Crippen LogP contribution in [0.3, 0.4) is 0 Å². The van der Waals surface area contributed by atoms with Crippen LogP contribution >= 0.6 is 11.6 Å². The first-order valence-electron chi connectivity index (χ1n) is 5.99. The lowest BCUT2D eigenvalue weighted by atomic mass is 10.1. The lowest BCUT2D eigenvalue weighted by molar-refractivity contribution is -0.125. The Balaban J connectivity index is 1.93. The highest BCUT2D eigenvalue weighted by Gasteiger charge is 2.35. The zero-order valence-electron chi connectivity index (χ0n) is 10.1. The number of hydrogen-bond donors (Lipinski definition) is 1. The SMILES string of the molecule is O=C1C(O)c2ccccc2N1Cc1ccc(Cl)cc1. The van der Waals surface area contributed by atoms with E-state index in [9.17, 15) is 9.90 Å². The fraction of sp³-hybridized carbons (Fsp3) is 0.133. The van der Waals surface area contributed by atoms with Crippen molar-refractivity contribution >= 4 is 23.2 Å². The molecule has 1 amide bonds. The van der Waals surface area contributed by atoms with Crippen molar-refractivity contribution in [3.63, 3.8) is 0 Å². The largest absolute Gasteiger partial charge is 0.378 e. The van der Waals surface area contributed by atoms with Crippen molar-refractivity contribution < 1.29 is 9.90 Å². The second-order valence-corrected chi connectivity index (χ2v) is 4.95. The molecule has 19 heavy (non-hydrogen) atoms. The first-order chi connectivity index (χ1) is 9.16. The number of halogens is 1. The molecule has 3 nitrogen and oxygen atoms in total. The van der Waals surface area contributed by atoms with E-state index in [2.05, 4.69) is 0 Å². The third kappa shape index (κ3) is 2.11. The summed E-state index contributed by atoms with van der Waals surface area (Å²) in [5.74, 6) is -0.281. The smallest absolute Gasteiger partial charge is 0.260 e. The molecule has 1 N–H and O–H groups in total. The van der Waals surface area contributed by atoms with E-state index >= 15 is 0 Å². The number of para-hydroxylation sites is 1. The molecule has 0 radical (unpaired) electrons. The van der Waals surface area contributed by atoms with Crippen molar-refractivity contribution in [3.05, 3.63) is 64.7 Å². The van der Waals surface area contributed by atoms with Gasteiger partial charge in [-0.1, -0.05) is 41.9 Å². The predicted octanol–water partition coefficient (Wildman–Crippen LogP) is 2.92. The number of carbonyl (C=O) groups is 1. The Morgan fingerprint density at radius 1 is 1.11 bits per heavy atom. The molecule has 0 spiro atoms. The van der Waals surface area contributed by atoms with E-state index in [4.69, 9.17) is 11.6 Å². The number of hydrogen-bond acceptors (Lipinski definition) is 2. The van der Waals surface area contributed by atoms with E-state index in [0.29, 0.717) is 17.1 Å². The molecule has 0 saturated carbocycles. The van der Waals surface area contributed by atoms with Crippen LogP contribution in [0.2, 0.25) is 5.02 Å². The summed E-state index contributed by atoms with van der Waals surface area (Å²) >= 11 is 5.84. The topological polar surface area (TPSA) is 40.5 Å². The van der Waals surface area contributed by atoms with Crippen LogP contribution < -0.4 is 4.90 Å². The van der Waals surface area contributed by atoms with Gasteiger partial charge < -0.3 is 10.0 Å². The Kier molecular flexibility index (Phi) is 3.01. The number of rotatable bonds is 2. The Morgan fingerprint density at radius 3 is 2.53 bits per heavy atom. The maximum Gasteiger partial charge on any atom is 0.260 e. The molecule has 0 bridgehead atoms. The summed E-state index contributed by atoms with van der Waals surface area (Å²) in [4.78, 5) is 13.7. The zero-order valence-corrected chi connectivity index (χ0v) is 10.8. The average molecular weight is 274 g/mol. The number of benzene rings is 2. The van der Waals surface area contributed by atoms with Crippen LogP contribution in [0.1, 0.15) is 17.2 Å². The fourth-order valence-corrected chi connectivity index (χ4v) is 2.43. The van der Waals surface area contributed by atoms with E-state index in [0.717, 1.165) is 11.3 Å². The Hall–Kier alpha value is -1.84. The van der Waals surface area contributed by atoms with Gasteiger partial charge in [-0.25, -0.2) is 0 Å². The normalized spacial score (nSPS) is 17.7. The number of aliphatic hydroxyl groups excluding tert-OH is 1.